The maximum Gasteiger partial charge on any atom is 0.150 e. The number of carbonyl (C=O) groups is 1. The van der Waals surface area contributed by atoms with E-state index in [0.717, 1.165) is 24.2 Å². The molecule has 88 valence electrons. The fourth-order valence-corrected chi connectivity index (χ4v) is 2.27. The summed E-state index contributed by atoms with van der Waals surface area (Å²) in [6.07, 6.45) is 1.67. The molecule has 0 saturated carbocycles. The Kier molecular flexibility index (Phi) is 3.88. The van der Waals surface area contributed by atoms with Gasteiger partial charge in [-0.15, -0.1) is 11.3 Å². The first kappa shape index (κ1) is 11.8. The molecule has 1 heterocycles. The lowest BCUT2D eigenvalue weighted by atomic mass is 10.2. The molecule has 0 amide bonds. The van der Waals surface area contributed by atoms with Gasteiger partial charge in [0.25, 0.3) is 0 Å². The van der Waals surface area contributed by atoms with E-state index in [9.17, 15) is 4.79 Å². The Morgan fingerprint density at radius 2 is 2.35 bits per heavy atom. The maximum absolute atomic E-state index is 10.6. The average Bonchev–Trinajstić information content (AvgIpc) is 2.76. The first-order valence-corrected chi connectivity index (χ1v) is 6.24. The van der Waals surface area contributed by atoms with E-state index in [-0.39, 0.29) is 0 Å². The Hall–Kier alpha value is -1.68. The summed E-state index contributed by atoms with van der Waals surface area (Å²) in [7, 11) is 0. The molecule has 0 N–H and O–H groups in total. The van der Waals surface area contributed by atoms with Crippen molar-refractivity contribution in [2.24, 2.45) is 0 Å². The number of rotatable bonds is 5. The number of nitrogens with zero attached hydrogens (tertiary/aromatic N) is 1. The van der Waals surface area contributed by atoms with Gasteiger partial charge in [0.2, 0.25) is 0 Å². The minimum atomic E-state index is 0.603. The molecule has 4 heteroatoms. The second-order valence-electron chi connectivity index (χ2n) is 3.65. The zero-order valence-corrected chi connectivity index (χ0v) is 10.4. The van der Waals surface area contributed by atoms with E-state index >= 15 is 0 Å². The summed E-state index contributed by atoms with van der Waals surface area (Å²) in [6, 6.07) is 7.17. The molecule has 0 aliphatic rings. The van der Waals surface area contributed by atoms with Gasteiger partial charge in [-0.25, -0.2) is 4.98 Å². The highest BCUT2D eigenvalue weighted by atomic mass is 32.1. The van der Waals surface area contributed by atoms with Crippen LogP contribution in [0.4, 0.5) is 0 Å². The van der Waals surface area contributed by atoms with E-state index in [1.807, 2.05) is 24.6 Å². The molecule has 0 fully saturated rings. The smallest absolute Gasteiger partial charge is 0.150 e. The average molecular weight is 247 g/mol. The van der Waals surface area contributed by atoms with Gasteiger partial charge in [-0.05, 0) is 19.1 Å². The van der Waals surface area contributed by atoms with Gasteiger partial charge >= 0.3 is 0 Å². The van der Waals surface area contributed by atoms with Gasteiger partial charge in [-0.1, -0.05) is 12.1 Å². The number of carbonyl (C=O) groups excluding carboxylic acids is 1. The van der Waals surface area contributed by atoms with Crippen molar-refractivity contribution in [3.63, 3.8) is 0 Å². The van der Waals surface area contributed by atoms with Crippen molar-refractivity contribution in [1.82, 2.24) is 4.98 Å². The van der Waals surface area contributed by atoms with Crippen molar-refractivity contribution < 1.29 is 9.53 Å². The standard InChI is InChI=1S/C13H13NO2S/c1-10-13(17-9-14-10)5-6-16-12-4-2-3-11(7-12)8-15/h2-4,7-9H,5-6H2,1H3. The van der Waals surface area contributed by atoms with Crippen LogP contribution in [0.25, 0.3) is 0 Å². The molecule has 0 unspecified atom stereocenters. The minimum Gasteiger partial charge on any atom is -0.493 e. The van der Waals surface area contributed by atoms with Crippen molar-refractivity contribution in [3.8, 4) is 5.75 Å². The first-order valence-electron chi connectivity index (χ1n) is 5.36. The van der Waals surface area contributed by atoms with Crippen LogP contribution >= 0.6 is 11.3 Å². The molecule has 2 rings (SSSR count). The summed E-state index contributed by atoms with van der Waals surface area (Å²) < 4.78 is 5.60. The van der Waals surface area contributed by atoms with E-state index in [4.69, 9.17) is 4.74 Å². The van der Waals surface area contributed by atoms with Crippen LogP contribution in [0.5, 0.6) is 5.75 Å². The number of hydrogen-bond acceptors (Lipinski definition) is 4. The van der Waals surface area contributed by atoms with Crippen molar-refractivity contribution in [3.05, 3.63) is 45.9 Å². The van der Waals surface area contributed by atoms with Gasteiger partial charge in [0.1, 0.15) is 12.0 Å². The van der Waals surface area contributed by atoms with Crippen LogP contribution in [-0.2, 0) is 6.42 Å². The largest absolute Gasteiger partial charge is 0.493 e. The molecule has 0 atom stereocenters. The quantitative estimate of drug-likeness (QED) is 0.763. The molecule has 0 aliphatic heterocycles. The summed E-state index contributed by atoms with van der Waals surface area (Å²) in [6.45, 7) is 2.60. The molecule has 0 saturated heterocycles. The molecule has 1 aromatic carbocycles. The third kappa shape index (κ3) is 3.14. The third-order valence-corrected chi connectivity index (χ3v) is 3.43. The molecule has 3 nitrogen and oxygen atoms in total. The Labute approximate surface area is 104 Å². The first-order chi connectivity index (χ1) is 8.29. The molecule has 0 bridgehead atoms. The molecular weight excluding hydrogens is 234 g/mol. The molecule has 2 aromatic rings. The fourth-order valence-electron chi connectivity index (χ4n) is 1.51. The van der Waals surface area contributed by atoms with Crippen LogP contribution in [0.3, 0.4) is 0 Å². The zero-order valence-electron chi connectivity index (χ0n) is 9.55. The predicted molar refractivity (Wildman–Crippen MR) is 67.9 cm³/mol. The number of thiazole rings is 1. The molecule has 1 aromatic heterocycles. The van der Waals surface area contributed by atoms with Crippen LogP contribution in [0.1, 0.15) is 20.9 Å². The zero-order chi connectivity index (χ0) is 12.1. The van der Waals surface area contributed by atoms with Crippen molar-refractivity contribution in [2.45, 2.75) is 13.3 Å². The predicted octanol–water partition coefficient (Wildman–Crippen LogP) is 2.89. The van der Waals surface area contributed by atoms with Crippen molar-refractivity contribution in [2.75, 3.05) is 6.61 Å². The number of aldehydes is 1. The minimum absolute atomic E-state index is 0.603. The lowest BCUT2D eigenvalue weighted by Crippen LogP contribution is -2.01. The lowest BCUT2D eigenvalue weighted by molar-refractivity contribution is 0.112. The highest BCUT2D eigenvalue weighted by Gasteiger charge is 2.02. The fraction of sp³-hybridized carbons (Fsp3) is 0.231. The van der Waals surface area contributed by atoms with Crippen LogP contribution in [0.2, 0.25) is 0 Å². The number of hydrogen-bond donors (Lipinski definition) is 0. The lowest BCUT2D eigenvalue weighted by Gasteiger charge is -2.05. The topological polar surface area (TPSA) is 39.2 Å². The second kappa shape index (κ2) is 5.59. The van der Waals surface area contributed by atoms with Crippen LogP contribution in [0.15, 0.2) is 29.8 Å². The monoisotopic (exact) mass is 247 g/mol. The highest BCUT2D eigenvalue weighted by molar-refractivity contribution is 7.09. The molecule has 17 heavy (non-hydrogen) atoms. The number of aryl methyl sites for hydroxylation is 1. The summed E-state index contributed by atoms with van der Waals surface area (Å²) >= 11 is 1.65. The Morgan fingerprint density at radius 3 is 3.06 bits per heavy atom. The van der Waals surface area contributed by atoms with Gasteiger partial charge in [-0.3, -0.25) is 4.79 Å². The van der Waals surface area contributed by atoms with E-state index < -0.39 is 0 Å². The van der Waals surface area contributed by atoms with E-state index in [2.05, 4.69) is 4.98 Å². The van der Waals surface area contributed by atoms with Gasteiger partial charge in [-0.2, -0.15) is 0 Å². The third-order valence-electron chi connectivity index (χ3n) is 2.44. The summed E-state index contributed by atoms with van der Waals surface area (Å²) in [4.78, 5) is 16.0. The van der Waals surface area contributed by atoms with E-state index in [1.165, 1.54) is 4.88 Å². The molecule has 0 spiro atoms. The Bertz CT molecular complexity index is 508. The highest BCUT2D eigenvalue weighted by Crippen LogP contribution is 2.15. The van der Waals surface area contributed by atoms with Crippen LogP contribution in [0, 0.1) is 6.92 Å². The van der Waals surface area contributed by atoms with E-state index in [1.54, 1.807) is 23.5 Å². The van der Waals surface area contributed by atoms with Gasteiger partial charge in [0.05, 0.1) is 17.8 Å². The van der Waals surface area contributed by atoms with Crippen molar-refractivity contribution >= 4 is 17.6 Å². The second-order valence-corrected chi connectivity index (χ2v) is 4.59. The normalized spacial score (nSPS) is 10.2. The maximum atomic E-state index is 10.6. The number of benzene rings is 1. The van der Waals surface area contributed by atoms with Gasteiger partial charge in [0, 0.05) is 16.9 Å². The number of aromatic nitrogens is 1. The summed E-state index contributed by atoms with van der Waals surface area (Å²) in [5.41, 5.74) is 3.55. The summed E-state index contributed by atoms with van der Waals surface area (Å²) in [5, 5.41) is 0. The van der Waals surface area contributed by atoms with Crippen molar-refractivity contribution in [1.29, 1.82) is 0 Å². The molecular formula is C13H13NO2S. The number of ether oxygens (including phenoxy) is 1. The van der Waals surface area contributed by atoms with Crippen LogP contribution in [-0.4, -0.2) is 17.9 Å². The SMILES string of the molecule is Cc1ncsc1CCOc1cccc(C=O)c1. The van der Waals surface area contributed by atoms with Crippen LogP contribution < -0.4 is 4.74 Å². The Morgan fingerprint density at radius 1 is 1.47 bits per heavy atom. The Balaban J connectivity index is 1.90. The molecule has 0 radical (unpaired) electrons. The summed E-state index contributed by atoms with van der Waals surface area (Å²) in [5.74, 6) is 0.733. The van der Waals surface area contributed by atoms with Gasteiger partial charge in [0.15, 0.2) is 0 Å². The van der Waals surface area contributed by atoms with Gasteiger partial charge < -0.3 is 4.74 Å². The molecule has 0 aliphatic carbocycles. The van der Waals surface area contributed by atoms with E-state index in [0.29, 0.717) is 12.2 Å².